The first-order chi connectivity index (χ1) is 45.7. The molecule has 0 spiro atoms. The Morgan fingerprint density at radius 2 is 0.414 bits per heavy atom. The summed E-state index contributed by atoms with van der Waals surface area (Å²) in [6, 6.07) is 51.1. The second kappa shape index (κ2) is 41.9. The van der Waals surface area contributed by atoms with Crippen LogP contribution in [0.25, 0.3) is 0 Å². The van der Waals surface area contributed by atoms with Gasteiger partial charge in [-0.1, -0.05) is 217 Å². The number of hydrogen-bond donors (Lipinski definition) is 0. The molecule has 6 aromatic rings. The van der Waals surface area contributed by atoms with Crippen molar-refractivity contribution in [1.29, 1.82) is 0 Å². The number of ether oxygens (including phenoxy) is 6. The quantitative estimate of drug-likeness (QED) is 0.0488. The lowest BCUT2D eigenvalue weighted by molar-refractivity contribution is 0.0981. The van der Waals surface area contributed by atoms with E-state index in [0.29, 0.717) is 17.8 Å². The van der Waals surface area contributed by atoms with Crippen LogP contribution in [-0.4, -0.2) is 33.6 Å². The van der Waals surface area contributed by atoms with Gasteiger partial charge in [0.2, 0.25) is 0 Å². The smallest absolute Gasteiger partial charge is 0.120 e. The van der Waals surface area contributed by atoms with Crippen molar-refractivity contribution in [3.05, 3.63) is 179 Å². The predicted octanol–water partition coefficient (Wildman–Crippen LogP) is 29.1. The van der Waals surface area contributed by atoms with Gasteiger partial charge in [-0.3, -0.25) is 0 Å². The van der Waals surface area contributed by atoms with Crippen LogP contribution in [0.3, 0.4) is 0 Å². The highest BCUT2D eigenvalue weighted by atomic mass is 16.5. The minimum atomic E-state index is -0.123. The summed E-state index contributed by atoms with van der Waals surface area (Å²) in [6.45, 7) is 71.9. The van der Waals surface area contributed by atoms with Gasteiger partial charge in [0.05, 0.1) is 0 Å². The summed E-state index contributed by atoms with van der Waals surface area (Å²) in [5.41, 5.74) is 8.53. The van der Waals surface area contributed by atoms with E-state index in [2.05, 4.69) is 374 Å². The fourth-order valence-electron chi connectivity index (χ4n) is 10.3. The molecular weight excluding hydrogens is 1210 g/mol. The molecule has 3 atom stereocenters. The standard InChI is InChI=1S/C17H28O.2C16H26O.2C15H24O.C14H22O/c1-7-13-17(5,6)18-15-11-9-14(10-12-15)16(3,4)8-2;1-7-15(3,4)13-9-11-14(12-10-13)17-16(5,6)8-2;1-6-12-16(4,5)17-15-10-8-14(9-11-15)13(3)7-2;1-7-15(5,6)12-8-10-13(11-9-12)16-14(2,3)4;1-6-12(3)13-8-10-14(11-9-13)16-15(4,5)7-2;1-6-11(2)12-7-9-13(10-8-12)15-14(3,4)5/h9-12H,7-8,13H2,1-6H3;9-12H,7-8H2,1-6H3;8-11,13H,6-7,12H2,1-5H3;8-11H,7H2,1-6H3;8-12H,6-7H2,1-5H3;7-11H,6H2,1-5H3. The Morgan fingerprint density at radius 1 is 0.232 bits per heavy atom. The largest absolute Gasteiger partial charge is 0.488 e. The van der Waals surface area contributed by atoms with Crippen LogP contribution in [-0.2, 0) is 16.2 Å². The maximum absolute atomic E-state index is 6.04. The van der Waals surface area contributed by atoms with E-state index in [1.165, 1.54) is 52.6 Å². The molecule has 0 N–H and O–H groups in total. The highest BCUT2D eigenvalue weighted by Gasteiger charge is 2.25. The minimum absolute atomic E-state index is 0.0629. The van der Waals surface area contributed by atoms with Crippen molar-refractivity contribution in [2.75, 3.05) is 0 Å². The molecule has 99 heavy (non-hydrogen) atoms. The molecule has 0 amide bonds. The molecule has 0 aliphatic carbocycles. The van der Waals surface area contributed by atoms with E-state index in [1.807, 2.05) is 0 Å². The normalized spacial score (nSPS) is 13.1. The lowest BCUT2D eigenvalue weighted by Gasteiger charge is -2.27. The fraction of sp³-hybridized carbons (Fsp3) is 0.613. The zero-order valence-corrected chi connectivity index (χ0v) is 70.0. The molecule has 0 saturated carbocycles. The molecule has 0 bridgehead atoms. The Morgan fingerprint density at radius 3 is 0.576 bits per heavy atom. The van der Waals surface area contributed by atoms with Crippen LogP contribution in [0.4, 0.5) is 0 Å². The molecule has 0 aromatic heterocycles. The van der Waals surface area contributed by atoms with Crippen LogP contribution >= 0.6 is 0 Å². The second-order valence-electron chi connectivity index (χ2n) is 34.0. The molecular formula is C93H150O6. The molecule has 6 heteroatoms. The van der Waals surface area contributed by atoms with E-state index in [4.69, 9.17) is 28.4 Å². The summed E-state index contributed by atoms with van der Waals surface area (Å²) in [4.78, 5) is 0. The highest BCUT2D eigenvalue weighted by Crippen LogP contribution is 2.34. The Hall–Kier alpha value is -5.88. The summed E-state index contributed by atoms with van der Waals surface area (Å²) in [5.74, 6) is 7.69. The molecule has 0 aliphatic heterocycles. The Bertz CT molecular complexity index is 3050. The molecule has 0 fully saturated rings. The van der Waals surface area contributed by atoms with Crippen LogP contribution in [0, 0.1) is 0 Å². The monoisotopic (exact) mass is 1360 g/mol. The van der Waals surface area contributed by atoms with Gasteiger partial charge >= 0.3 is 0 Å². The summed E-state index contributed by atoms with van der Waals surface area (Å²) < 4.78 is 35.5. The molecule has 6 aromatic carbocycles. The van der Waals surface area contributed by atoms with Gasteiger partial charge in [-0.25, -0.2) is 0 Å². The number of rotatable bonds is 28. The first kappa shape index (κ1) is 91.1. The topological polar surface area (TPSA) is 55.4 Å². The second-order valence-corrected chi connectivity index (χ2v) is 34.0. The minimum Gasteiger partial charge on any atom is -0.488 e. The van der Waals surface area contributed by atoms with Crippen molar-refractivity contribution in [2.45, 2.75) is 373 Å². The first-order valence-electron chi connectivity index (χ1n) is 38.5. The van der Waals surface area contributed by atoms with E-state index in [9.17, 15) is 0 Å². The summed E-state index contributed by atoms with van der Waals surface area (Å²) >= 11 is 0. The van der Waals surface area contributed by atoms with Crippen LogP contribution in [0.2, 0.25) is 0 Å². The van der Waals surface area contributed by atoms with Crippen molar-refractivity contribution in [3.63, 3.8) is 0 Å². The van der Waals surface area contributed by atoms with Crippen LogP contribution < -0.4 is 28.4 Å². The van der Waals surface area contributed by atoms with Crippen molar-refractivity contribution < 1.29 is 28.4 Å². The zero-order chi connectivity index (χ0) is 75.9. The van der Waals surface area contributed by atoms with Crippen LogP contribution in [0.15, 0.2) is 146 Å². The molecule has 0 radical (unpaired) electrons. The Labute approximate surface area is 611 Å². The maximum atomic E-state index is 6.04. The van der Waals surface area contributed by atoms with Gasteiger partial charge in [0, 0.05) is 0 Å². The third-order valence-electron chi connectivity index (χ3n) is 19.6. The van der Waals surface area contributed by atoms with Gasteiger partial charge in [-0.15, -0.1) is 0 Å². The third-order valence-corrected chi connectivity index (χ3v) is 19.6. The molecule has 6 rings (SSSR count). The number of benzene rings is 6. The molecule has 3 unspecified atom stereocenters. The fourth-order valence-corrected chi connectivity index (χ4v) is 10.3. The first-order valence-corrected chi connectivity index (χ1v) is 38.5. The van der Waals surface area contributed by atoms with Crippen LogP contribution in [0.1, 0.15) is 357 Å². The Kier molecular flexibility index (Phi) is 38.6. The van der Waals surface area contributed by atoms with Gasteiger partial charge in [-0.05, 0) is 301 Å². The van der Waals surface area contributed by atoms with E-state index in [-0.39, 0.29) is 49.9 Å². The highest BCUT2D eigenvalue weighted by molar-refractivity contribution is 5.36. The van der Waals surface area contributed by atoms with E-state index in [0.717, 1.165) is 92.3 Å². The predicted molar refractivity (Wildman–Crippen MR) is 435 cm³/mol. The number of hydrogen-bond acceptors (Lipinski definition) is 6. The van der Waals surface area contributed by atoms with Crippen molar-refractivity contribution in [1.82, 2.24) is 0 Å². The molecule has 0 aliphatic rings. The van der Waals surface area contributed by atoms with Gasteiger partial charge < -0.3 is 28.4 Å². The van der Waals surface area contributed by atoms with Crippen molar-refractivity contribution in [3.8, 4) is 34.5 Å². The zero-order valence-electron chi connectivity index (χ0n) is 70.0. The molecule has 0 heterocycles. The van der Waals surface area contributed by atoms with Crippen molar-refractivity contribution in [2.24, 2.45) is 0 Å². The van der Waals surface area contributed by atoms with E-state index in [1.54, 1.807) is 0 Å². The van der Waals surface area contributed by atoms with E-state index < -0.39 is 0 Å². The molecule has 0 saturated heterocycles. The lowest BCUT2D eigenvalue weighted by atomic mass is 9.82. The van der Waals surface area contributed by atoms with E-state index >= 15 is 0 Å². The SMILES string of the molecule is CCC(C)(C)Oc1ccc(C(C)(C)CC)cc1.CCC(C)(C)c1ccc(OC(C)(C)C)cc1.CCC(C)c1ccc(OC(C)(C)C)cc1.CCC(C)c1ccc(OC(C)(C)CC)cc1.CCCC(C)(C)Oc1ccc(C(C)(C)CC)cc1.CCCC(C)(C)Oc1ccc(C(C)CC)cc1. The Balaban J connectivity index is 0.000000594. The van der Waals surface area contributed by atoms with Gasteiger partial charge in [-0.2, -0.15) is 0 Å². The van der Waals surface area contributed by atoms with Gasteiger partial charge in [0.1, 0.15) is 68.1 Å². The summed E-state index contributed by atoms with van der Waals surface area (Å²) in [6.07, 6.45) is 13.5. The van der Waals surface area contributed by atoms with Crippen molar-refractivity contribution >= 4 is 0 Å². The molecule has 6 nitrogen and oxygen atoms in total. The third kappa shape index (κ3) is 36.5. The van der Waals surface area contributed by atoms with Gasteiger partial charge in [0.25, 0.3) is 0 Å². The summed E-state index contributed by atoms with van der Waals surface area (Å²) in [7, 11) is 0. The maximum Gasteiger partial charge on any atom is 0.120 e. The van der Waals surface area contributed by atoms with Gasteiger partial charge in [0.15, 0.2) is 0 Å². The summed E-state index contributed by atoms with van der Waals surface area (Å²) in [5, 5.41) is 0. The lowest BCUT2D eigenvalue weighted by Crippen LogP contribution is -2.27. The van der Waals surface area contributed by atoms with Crippen LogP contribution in [0.5, 0.6) is 34.5 Å². The average Bonchev–Trinajstić information content (AvgIpc) is 0.863. The molecule has 558 valence electrons. The average molecular weight is 1360 g/mol.